The molecule has 0 aromatic heterocycles. The summed E-state index contributed by atoms with van der Waals surface area (Å²) in [6, 6.07) is 6.28. The molecule has 0 aliphatic heterocycles. The number of Topliss-reactive ketones (excluding diaryl/α,β-unsaturated/α-hetero) is 1. The third kappa shape index (κ3) is 4.54. The maximum absolute atomic E-state index is 12.8. The molecule has 0 radical (unpaired) electrons. The molecule has 0 amide bonds. The quantitative estimate of drug-likeness (QED) is 0.402. The van der Waals surface area contributed by atoms with Crippen LogP contribution in [-0.2, 0) is 16.0 Å². The highest BCUT2D eigenvalue weighted by molar-refractivity contribution is 5.91. The number of hydrogen-bond acceptors (Lipinski definition) is 3. The van der Waals surface area contributed by atoms with Gasteiger partial charge in [-0.2, -0.15) is 0 Å². The van der Waals surface area contributed by atoms with Crippen LogP contribution in [0, 0.1) is 34.5 Å². The molecule has 1 aromatic carbocycles. The topological polar surface area (TPSA) is 43.4 Å². The average Bonchev–Trinajstić information content (AvgIpc) is 3.19. The van der Waals surface area contributed by atoms with Gasteiger partial charge in [0.15, 0.2) is 5.78 Å². The zero-order valence-corrected chi connectivity index (χ0v) is 21.3. The molecular weight excluding hydrogens is 465 g/mol. The molecule has 0 N–H and O–H groups in total. The summed E-state index contributed by atoms with van der Waals surface area (Å²) in [6.07, 6.45) is 7.58. The fourth-order valence-electron chi connectivity index (χ4n) is 8.98. The molecule has 1 aromatic rings. The highest BCUT2D eigenvalue weighted by Crippen LogP contribution is 2.68. The molecule has 4 aliphatic rings. The minimum Gasteiger partial charge on any atom is -0.406 e. The lowest BCUT2D eigenvalue weighted by molar-refractivity contribution is -0.274. The summed E-state index contributed by atoms with van der Waals surface area (Å²) in [7, 11) is 0. The monoisotopic (exact) mass is 502 g/mol. The Labute approximate surface area is 211 Å². The van der Waals surface area contributed by atoms with E-state index in [1.165, 1.54) is 17.7 Å². The number of halogens is 3. The van der Waals surface area contributed by atoms with Gasteiger partial charge in [0.05, 0.1) is 0 Å². The van der Waals surface area contributed by atoms with E-state index in [-0.39, 0.29) is 28.3 Å². The lowest BCUT2D eigenvalue weighted by Gasteiger charge is -2.59. The van der Waals surface area contributed by atoms with Crippen LogP contribution in [0.1, 0.15) is 83.6 Å². The van der Waals surface area contributed by atoms with Gasteiger partial charge in [0, 0.05) is 12.3 Å². The number of ether oxygens (including phenoxy) is 1. The predicted octanol–water partition coefficient (Wildman–Crippen LogP) is 7.63. The number of rotatable bonds is 6. The van der Waals surface area contributed by atoms with Crippen molar-refractivity contribution in [2.45, 2.75) is 90.8 Å². The molecule has 0 spiro atoms. The van der Waals surface area contributed by atoms with Crippen molar-refractivity contribution >= 4 is 11.6 Å². The van der Waals surface area contributed by atoms with E-state index in [0.717, 1.165) is 63.4 Å². The van der Waals surface area contributed by atoms with Gasteiger partial charge in [0.1, 0.15) is 11.5 Å². The molecule has 6 atom stereocenters. The molecule has 3 fully saturated rings. The first-order valence-electron chi connectivity index (χ1n) is 13.6. The minimum absolute atomic E-state index is 0.00482. The highest BCUT2D eigenvalue weighted by Gasteiger charge is 2.61. The fourth-order valence-corrected chi connectivity index (χ4v) is 8.98. The largest absolute Gasteiger partial charge is 0.573 e. The molecule has 6 heteroatoms. The van der Waals surface area contributed by atoms with E-state index >= 15 is 0 Å². The summed E-state index contributed by atoms with van der Waals surface area (Å²) < 4.78 is 42.0. The SMILES string of the molecule is CC(=O)[C@H]1CC[C@H]2[C@@H]3CCC4=CC(=O)CC[C@@]4(C)[C@@H]3CC[C@]12CCCc1cccc(OC(F)(F)F)c1. The van der Waals surface area contributed by atoms with Gasteiger partial charge in [-0.25, -0.2) is 0 Å². The number of benzene rings is 1. The fraction of sp³-hybridized carbons (Fsp3) is 0.667. The van der Waals surface area contributed by atoms with Gasteiger partial charge in [-0.3, -0.25) is 9.59 Å². The first-order valence-corrected chi connectivity index (χ1v) is 13.6. The number of ketones is 2. The zero-order chi connectivity index (χ0) is 25.7. The van der Waals surface area contributed by atoms with Crippen LogP contribution in [0.15, 0.2) is 35.9 Å². The Morgan fingerprint density at radius 2 is 1.89 bits per heavy atom. The van der Waals surface area contributed by atoms with Gasteiger partial charge in [-0.15, -0.1) is 13.2 Å². The average molecular weight is 503 g/mol. The normalized spacial score (nSPS) is 35.9. The zero-order valence-electron chi connectivity index (χ0n) is 21.3. The molecule has 0 heterocycles. The van der Waals surface area contributed by atoms with E-state index < -0.39 is 6.36 Å². The van der Waals surface area contributed by atoms with Crippen LogP contribution in [0.25, 0.3) is 0 Å². The second kappa shape index (κ2) is 9.33. The number of allylic oxidation sites excluding steroid dienone is 1. The van der Waals surface area contributed by atoms with Gasteiger partial charge < -0.3 is 4.74 Å². The van der Waals surface area contributed by atoms with Crippen LogP contribution in [0.2, 0.25) is 0 Å². The van der Waals surface area contributed by atoms with E-state index in [9.17, 15) is 22.8 Å². The second-order valence-corrected chi connectivity index (χ2v) is 12.0. The van der Waals surface area contributed by atoms with Crippen molar-refractivity contribution in [1.29, 1.82) is 0 Å². The lowest BCUT2D eigenvalue weighted by Crippen LogP contribution is -2.52. The molecule has 0 saturated heterocycles. The predicted molar refractivity (Wildman–Crippen MR) is 131 cm³/mol. The van der Waals surface area contributed by atoms with Crippen LogP contribution in [0.4, 0.5) is 13.2 Å². The van der Waals surface area contributed by atoms with Gasteiger partial charge in [0.2, 0.25) is 0 Å². The maximum atomic E-state index is 12.8. The lowest BCUT2D eigenvalue weighted by atomic mass is 9.45. The Hall–Kier alpha value is -2.11. The van der Waals surface area contributed by atoms with Crippen molar-refractivity contribution < 1.29 is 27.5 Å². The molecule has 0 bridgehead atoms. The molecule has 196 valence electrons. The van der Waals surface area contributed by atoms with Crippen molar-refractivity contribution in [2.75, 3.05) is 0 Å². The molecule has 3 nitrogen and oxygen atoms in total. The van der Waals surface area contributed by atoms with Crippen molar-refractivity contribution in [3.05, 3.63) is 41.5 Å². The van der Waals surface area contributed by atoms with Crippen LogP contribution in [-0.4, -0.2) is 17.9 Å². The van der Waals surface area contributed by atoms with Crippen LogP contribution in [0.3, 0.4) is 0 Å². The molecule has 5 rings (SSSR count). The third-order valence-electron chi connectivity index (χ3n) is 10.4. The number of carbonyl (C=O) groups excluding carboxylic acids is 2. The summed E-state index contributed by atoms with van der Waals surface area (Å²) in [5.41, 5.74) is 2.29. The third-order valence-corrected chi connectivity index (χ3v) is 10.4. The standard InChI is InChI=1S/C30H37F3O3/c1-19(34)25-10-11-27-24-9-8-21-18-22(35)12-15-28(21,2)26(24)13-16-29(25,27)14-4-6-20-5-3-7-23(17-20)36-30(31,32)33/h3,5,7,17-18,24-27H,4,6,8-16H2,1-2H3/t24-,25-,26-,27+,28-,29-/m1/s1. The molecule has 4 aliphatic carbocycles. The number of fused-ring (bicyclic) bond motifs is 5. The van der Waals surface area contributed by atoms with Gasteiger partial charge in [-0.1, -0.05) is 24.6 Å². The summed E-state index contributed by atoms with van der Waals surface area (Å²) in [4.78, 5) is 25.0. The molecular formula is C30H37F3O3. The van der Waals surface area contributed by atoms with E-state index in [1.807, 2.05) is 12.1 Å². The maximum Gasteiger partial charge on any atom is 0.573 e. The Morgan fingerprint density at radius 3 is 2.64 bits per heavy atom. The summed E-state index contributed by atoms with van der Waals surface area (Å²) in [5, 5.41) is 0. The van der Waals surface area contributed by atoms with Gasteiger partial charge >= 0.3 is 6.36 Å². The summed E-state index contributed by atoms with van der Waals surface area (Å²) in [5.74, 6) is 2.15. The Bertz CT molecular complexity index is 1060. The first kappa shape index (κ1) is 25.5. The number of aryl methyl sites for hydroxylation is 1. The van der Waals surface area contributed by atoms with E-state index in [1.54, 1.807) is 13.0 Å². The Kier molecular flexibility index (Phi) is 6.61. The smallest absolute Gasteiger partial charge is 0.406 e. The highest BCUT2D eigenvalue weighted by atomic mass is 19.4. The number of hydrogen-bond donors (Lipinski definition) is 0. The van der Waals surface area contributed by atoms with Crippen molar-refractivity contribution in [3.63, 3.8) is 0 Å². The van der Waals surface area contributed by atoms with Crippen molar-refractivity contribution in [1.82, 2.24) is 0 Å². The van der Waals surface area contributed by atoms with Gasteiger partial charge in [-0.05, 0) is 123 Å². The molecule has 0 unspecified atom stereocenters. The summed E-state index contributed by atoms with van der Waals surface area (Å²) in [6.45, 7) is 4.12. The number of alkyl halides is 3. The molecule has 3 saturated carbocycles. The Balaban J connectivity index is 1.34. The first-order chi connectivity index (χ1) is 17.0. The van der Waals surface area contributed by atoms with Crippen LogP contribution < -0.4 is 4.74 Å². The van der Waals surface area contributed by atoms with E-state index in [0.29, 0.717) is 36.4 Å². The number of carbonyl (C=O) groups is 2. The van der Waals surface area contributed by atoms with E-state index in [2.05, 4.69) is 11.7 Å². The summed E-state index contributed by atoms with van der Waals surface area (Å²) >= 11 is 0. The molecule has 36 heavy (non-hydrogen) atoms. The van der Waals surface area contributed by atoms with Crippen LogP contribution >= 0.6 is 0 Å². The van der Waals surface area contributed by atoms with Gasteiger partial charge in [0.25, 0.3) is 0 Å². The van der Waals surface area contributed by atoms with Crippen molar-refractivity contribution in [3.8, 4) is 5.75 Å². The Morgan fingerprint density at radius 1 is 1.08 bits per heavy atom. The van der Waals surface area contributed by atoms with Crippen LogP contribution in [0.5, 0.6) is 5.75 Å². The van der Waals surface area contributed by atoms with Crippen molar-refractivity contribution in [2.24, 2.45) is 34.5 Å². The van der Waals surface area contributed by atoms with E-state index in [4.69, 9.17) is 0 Å². The minimum atomic E-state index is -4.70. The second-order valence-electron chi connectivity index (χ2n) is 12.0.